The van der Waals surface area contributed by atoms with Crippen LogP contribution < -0.4 is 5.32 Å². The van der Waals surface area contributed by atoms with Gasteiger partial charge >= 0.3 is 6.09 Å². The van der Waals surface area contributed by atoms with Crippen LogP contribution in [0.15, 0.2) is 12.3 Å². The van der Waals surface area contributed by atoms with Gasteiger partial charge in [0.05, 0.1) is 18.8 Å². The summed E-state index contributed by atoms with van der Waals surface area (Å²) < 4.78 is 6.53. The average Bonchev–Trinajstić information content (AvgIpc) is 3.11. The predicted octanol–water partition coefficient (Wildman–Crippen LogP) is 1.64. The molecule has 0 saturated carbocycles. The van der Waals surface area contributed by atoms with Gasteiger partial charge in [0, 0.05) is 31.1 Å². The number of nitrogens with one attached hydrogen (secondary N) is 1. The molecule has 2 aromatic heterocycles. The normalized spacial score (nSPS) is 13.6. The van der Waals surface area contributed by atoms with Crippen molar-refractivity contribution >= 4 is 28.5 Å². The summed E-state index contributed by atoms with van der Waals surface area (Å²) in [6.07, 6.45) is 1.91. The summed E-state index contributed by atoms with van der Waals surface area (Å²) in [6.45, 7) is 3.18. The van der Waals surface area contributed by atoms with Crippen LogP contribution in [0.3, 0.4) is 0 Å². The number of aromatic nitrogens is 3. The Kier molecular flexibility index (Phi) is 4.28. The fraction of sp³-hybridized carbons (Fsp3) is 0.429. The molecule has 0 aliphatic carbocycles. The lowest BCUT2D eigenvalue weighted by molar-refractivity contribution is 0.101. The highest BCUT2D eigenvalue weighted by Crippen LogP contribution is 2.28. The third-order valence-corrected chi connectivity index (χ3v) is 4.53. The molecule has 9 heteroatoms. The molecular weight excluding hydrogens is 318 g/mol. The highest BCUT2D eigenvalue weighted by Gasteiger charge is 2.25. The van der Waals surface area contributed by atoms with Gasteiger partial charge in [0.15, 0.2) is 5.13 Å². The Bertz CT molecular complexity index is 739. The van der Waals surface area contributed by atoms with Crippen LogP contribution in [-0.2, 0) is 24.8 Å². The molecule has 1 aliphatic rings. The minimum Gasteiger partial charge on any atom is -0.450 e. The molecule has 0 radical (unpaired) electrons. The third-order valence-electron chi connectivity index (χ3n) is 3.53. The van der Waals surface area contributed by atoms with Crippen molar-refractivity contribution in [2.45, 2.75) is 19.9 Å². The molecule has 0 atom stereocenters. The Labute approximate surface area is 137 Å². The van der Waals surface area contributed by atoms with E-state index in [1.165, 1.54) is 16.0 Å². The lowest BCUT2D eigenvalue weighted by Crippen LogP contribution is -2.35. The molecule has 23 heavy (non-hydrogen) atoms. The Morgan fingerprint density at radius 2 is 2.30 bits per heavy atom. The maximum atomic E-state index is 12.2. The van der Waals surface area contributed by atoms with Crippen LogP contribution in [0.4, 0.5) is 9.93 Å². The number of aryl methyl sites for hydroxylation is 1. The summed E-state index contributed by atoms with van der Waals surface area (Å²) in [5, 5.41) is 7.29. The van der Waals surface area contributed by atoms with Gasteiger partial charge in [0.2, 0.25) is 0 Å². The molecule has 3 rings (SSSR count). The van der Waals surface area contributed by atoms with Crippen LogP contribution in [-0.4, -0.2) is 44.8 Å². The highest BCUT2D eigenvalue weighted by molar-refractivity contribution is 7.15. The number of nitrogens with zero attached hydrogens (tertiary/aromatic N) is 4. The fourth-order valence-corrected chi connectivity index (χ4v) is 3.40. The summed E-state index contributed by atoms with van der Waals surface area (Å²) in [5.74, 6) is -0.252. The van der Waals surface area contributed by atoms with Crippen LogP contribution in [0.2, 0.25) is 0 Å². The van der Waals surface area contributed by atoms with Crippen LogP contribution in [0, 0.1) is 0 Å². The van der Waals surface area contributed by atoms with Crippen LogP contribution in [0.5, 0.6) is 0 Å². The quantitative estimate of drug-likeness (QED) is 0.921. The fourth-order valence-electron chi connectivity index (χ4n) is 2.38. The van der Waals surface area contributed by atoms with Gasteiger partial charge < -0.3 is 9.64 Å². The van der Waals surface area contributed by atoms with Crippen molar-refractivity contribution in [2.75, 3.05) is 18.5 Å². The van der Waals surface area contributed by atoms with Crippen LogP contribution >= 0.6 is 11.3 Å². The van der Waals surface area contributed by atoms with E-state index in [4.69, 9.17) is 4.74 Å². The maximum absolute atomic E-state index is 12.2. The second-order valence-corrected chi connectivity index (χ2v) is 6.14. The van der Waals surface area contributed by atoms with E-state index in [1.54, 1.807) is 31.1 Å². The van der Waals surface area contributed by atoms with E-state index in [0.29, 0.717) is 36.9 Å². The molecule has 1 N–H and O–H groups in total. The van der Waals surface area contributed by atoms with Crippen molar-refractivity contribution in [3.63, 3.8) is 0 Å². The van der Waals surface area contributed by atoms with E-state index in [1.807, 2.05) is 0 Å². The second-order valence-electron chi connectivity index (χ2n) is 5.05. The number of amides is 2. The van der Waals surface area contributed by atoms with E-state index < -0.39 is 0 Å². The van der Waals surface area contributed by atoms with E-state index in [0.717, 1.165) is 10.6 Å². The Morgan fingerprint density at radius 1 is 1.48 bits per heavy atom. The molecule has 8 nitrogen and oxygen atoms in total. The number of hydrogen-bond acceptors (Lipinski definition) is 6. The van der Waals surface area contributed by atoms with E-state index in [-0.39, 0.29) is 12.0 Å². The zero-order valence-electron chi connectivity index (χ0n) is 12.9. The molecule has 122 valence electrons. The van der Waals surface area contributed by atoms with Gasteiger partial charge in [-0.15, -0.1) is 0 Å². The summed E-state index contributed by atoms with van der Waals surface area (Å²) in [5.41, 5.74) is 1.39. The number of fused-ring (bicyclic) bond motifs is 1. The monoisotopic (exact) mass is 335 g/mol. The average molecular weight is 335 g/mol. The zero-order chi connectivity index (χ0) is 16.4. The number of hydrogen-bond donors (Lipinski definition) is 1. The predicted molar refractivity (Wildman–Crippen MR) is 84.4 cm³/mol. The lowest BCUT2D eigenvalue weighted by Gasteiger charge is -2.24. The Morgan fingerprint density at radius 3 is 3.00 bits per heavy atom. The largest absolute Gasteiger partial charge is 0.450 e. The van der Waals surface area contributed by atoms with Crippen molar-refractivity contribution in [3.05, 3.63) is 28.5 Å². The molecule has 0 unspecified atom stereocenters. The number of rotatable bonds is 3. The Hall–Kier alpha value is -2.42. The van der Waals surface area contributed by atoms with Gasteiger partial charge in [0.1, 0.15) is 5.69 Å². The first kappa shape index (κ1) is 15.5. The van der Waals surface area contributed by atoms with Gasteiger partial charge in [-0.05, 0) is 13.0 Å². The van der Waals surface area contributed by atoms with Gasteiger partial charge in [-0.25, -0.2) is 9.78 Å². The molecule has 3 heterocycles. The van der Waals surface area contributed by atoms with Crippen molar-refractivity contribution < 1.29 is 14.3 Å². The van der Waals surface area contributed by atoms with E-state index >= 15 is 0 Å². The molecule has 1 aliphatic heterocycles. The second kappa shape index (κ2) is 6.37. The first-order valence-electron chi connectivity index (χ1n) is 7.28. The van der Waals surface area contributed by atoms with Crippen LogP contribution in [0.1, 0.15) is 28.0 Å². The first-order chi connectivity index (χ1) is 11.1. The van der Waals surface area contributed by atoms with Crippen molar-refractivity contribution in [1.82, 2.24) is 19.7 Å². The molecule has 0 bridgehead atoms. The smallest absolute Gasteiger partial charge is 0.410 e. The molecule has 2 aromatic rings. The van der Waals surface area contributed by atoms with Gasteiger partial charge in [-0.3, -0.25) is 14.8 Å². The van der Waals surface area contributed by atoms with Gasteiger partial charge in [0.25, 0.3) is 5.91 Å². The molecule has 0 fully saturated rings. The summed E-state index contributed by atoms with van der Waals surface area (Å²) in [6, 6.07) is 1.64. The molecule has 0 spiro atoms. The van der Waals surface area contributed by atoms with Gasteiger partial charge in [-0.1, -0.05) is 11.3 Å². The minimum absolute atomic E-state index is 0.252. The topological polar surface area (TPSA) is 89.3 Å². The van der Waals surface area contributed by atoms with Crippen molar-refractivity contribution in [3.8, 4) is 0 Å². The van der Waals surface area contributed by atoms with E-state index in [9.17, 15) is 9.59 Å². The highest BCUT2D eigenvalue weighted by atomic mass is 32.1. The number of ether oxygens (including phenoxy) is 1. The zero-order valence-corrected chi connectivity index (χ0v) is 13.7. The minimum atomic E-state index is -0.313. The summed E-state index contributed by atoms with van der Waals surface area (Å²) >= 11 is 1.38. The summed E-state index contributed by atoms with van der Waals surface area (Å²) in [4.78, 5) is 31.0. The Balaban J connectivity index is 1.70. The molecule has 0 saturated heterocycles. The number of thiazole rings is 1. The van der Waals surface area contributed by atoms with E-state index in [2.05, 4.69) is 15.4 Å². The summed E-state index contributed by atoms with van der Waals surface area (Å²) in [7, 11) is 1.71. The standard InChI is InChI=1S/C14H17N5O3S/c1-3-22-14(21)19-7-5-9-11(8-19)23-13(16-9)17-12(20)10-4-6-15-18(10)2/h4,6H,3,5,7-8H2,1-2H3,(H,16,17,20). The number of carbonyl (C=O) groups excluding carboxylic acids is 2. The van der Waals surface area contributed by atoms with Crippen LogP contribution in [0.25, 0.3) is 0 Å². The molecular formula is C14H17N5O3S. The third kappa shape index (κ3) is 3.19. The molecule has 2 amide bonds. The van der Waals surface area contributed by atoms with Crippen molar-refractivity contribution in [1.29, 1.82) is 0 Å². The maximum Gasteiger partial charge on any atom is 0.410 e. The van der Waals surface area contributed by atoms with Crippen molar-refractivity contribution in [2.24, 2.45) is 7.05 Å². The number of carbonyl (C=O) groups is 2. The lowest BCUT2D eigenvalue weighted by atomic mass is 10.2. The van der Waals surface area contributed by atoms with Gasteiger partial charge in [-0.2, -0.15) is 5.10 Å². The molecule has 0 aromatic carbocycles. The number of anilines is 1. The SMILES string of the molecule is CCOC(=O)N1CCc2nc(NC(=O)c3ccnn3C)sc2C1. The first-order valence-corrected chi connectivity index (χ1v) is 8.09.